The highest BCUT2D eigenvalue weighted by Crippen LogP contribution is 2.21. The van der Waals surface area contributed by atoms with Crippen LogP contribution in [0.3, 0.4) is 0 Å². The van der Waals surface area contributed by atoms with Crippen LogP contribution < -0.4 is 4.74 Å². The number of aryl methyl sites for hydroxylation is 1. The summed E-state index contributed by atoms with van der Waals surface area (Å²) < 4.78 is 5.00. The number of ether oxygens (including phenoxy) is 1. The van der Waals surface area contributed by atoms with Gasteiger partial charge in [-0.3, -0.25) is 4.79 Å². The van der Waals surface area contributed by atoms with E-state index in [0.717, 1.165) is 31.5 Å². The summed E-state index contributed by atoms with van der Waals surface area (Å²) in [7, 11) is 0. The predicted octanol–water partition coefficient (Wildman–Crippen LogP) is 5.08. The second-order valence-corrected chi connectivity index (χ2v) is 7.28. The summed E-state index contributed by atoms with van der Waals surface area (Å²) >= 11 is 5.71. The lowest BCUT2D eigenvalue weighted by atomic mass is 10.1. The Morgan fingerprint density at radius 3 is 2.52 bits per heavy atom. The molecule has 27 heavy (non-hydrogen) atoms. The van der Waals surface area contributed by atoms with Crippen LogP contribution in [0, 0.1) is 6.92 Å². The van der Waals surface area contributed by atoms with Gasteiger partial charge in [-0.25, -0.2) is 4.79 Å². The van der Waals surface area contributed by atoms with E-state index in [4.69, 9.17) is 21.4 Å². The summed E-state index contributed by atoms with van der Waals surface area (Å²) in [4.78, 5) is 23.5. The van der Waals surface area contributed by atoms with Crippen molar-refractivity contribution < 1.29 is 19.4 Å². The van der Waals surface area contributed by atoms with Crippen LogP contribution in [0.1, 0.15) is 63.9 Å². The second-order valence-electron chi connectivity index (χ2n) is 6.84. The van der Waals surface area contributed by atoms with Gasteiger partial charge in [0.15, 0.2) is 6.61 Å². The normalized spacial score (nSPS) is 13.3. The third-order valence-electron chi connectivity index (χ3n) is 4.44. The fourth-order valence-corrected chi connectivity index (χ4v) is 3.16. The lowest BCUT2D eigenvalue weighted by Gasteiger charge is -2.14. The van der Waals surface area contributed by atoms with Crippen LogP contribution >= 0.6 is 11.6 Å². The molecule has 0 aromatic heterocycles. The van der Waals surface area contributed by atoms with Crippen molar-refractivity contribution in [1.82, 2.24) is 4.90 Å². The van der Waals surface area contributed by atoms with Crippen molar-refractivity contribution >= 4 is 23.5 Å². The summed E-state index contributed by atoms with van der Waals surface area (Å²) in [6.45, 7) is 5.73. The fourth-order valence-electron chi connectivity index (χ4n) is 2.94. The van der Waals surface area contributed by atoms with Crippen LogP contribution in [0.5, 0.6) is 5.75 Å². The second kappa shape index (κ2) is 13.4. The zero-order valence-electron chi connectivity index (χ0n) is 16.5. The Morgan fingerprint density at radius 2 is 1.93 bits per heavy atom. The van der Waals surface area contributed by atoms with Gasteiger partial charge in [0.1, 0.15) is 5.75 Å². The third-order valence-corrected chi connectivity index (χ3v) is 4.68. The third kappa shape index (κ3) is 10.2. The molecule has 1 amide bonds. The molecular formula is C21H32ClNO4. The van der Waals surface area contributed by atoms with E-state index in [9.17, 15) is 9.59 Å². The molecule has 152 valence electrons. The van der Waals surface area contributed by atoms with E-state index in [1.165, 1.54) is 38.5 Å². The number of hydrogen-bond acceptors (Lipinski definition) is 3. The lowest BCUT2D eigenvalue weighted by Crippen LogP contribution is -2.25. The molecule has 1 heterocycles. The zero-order chi connectivity index (χ0) is 20.1. The summed E-state index contributed by atoms with van der Waals surface area (Å²) in [5, 5.41) is 8.98. The van der Waals surface area contributed by atoms with Gasteiger partial charge in [0.2, 0.25) is 5.91 Å². The average Bonchev–Trinajstić information content (AvgIpc) is 3.03. The Labute approximate surface area is 167 Å². The monoisotopic (exact) mass is 397 g/mol. The number of carbonyl (C=O) groups is 2. The minimum atomic E-state index is -0.991. The maximum Gasteiger partial charge on any atom is 0.341 e. The van der Waals surface area contributed by atoms with Crippen LogP contribution in [0.2, 0.25) is 5.02 Å². The van der Waals surface area contributed by atoms with Crippen molar-refractivity contribution in [3.05, 3.63) is 28.8 Å². The van der Waals surface area contributed by atoms with Crippen molar-refractivity contribution in [2.24, 2.45) is 0 Å². The Kier molecular flexibility index (Phi) is 11.6. The Bertz CT molecular complexity index is 592. The van der Waals surface area contributed by atoms with Crippen LogP contribution in [0.4, 0.5) is 0 Å². The minimum Gasteiger partial charge on any atom is -0.482 e. The first-order chi connectivity index (χ1) is 12.9. The number of amides is 1. The van der Waals surface area contributed by atoms with Crippen LogP contribution in [0.25, 0.3) is 0 Å². The highest BCUT2D eigenvalue weighted by atomic mass is 35.5. The van der Waals surface area contributed by atoms with Gasteiger partial charge in [-0.15, -0.1) is 0 Å². The van der Waals surface area contributed by atoms with Crippen molar-refractivity contribution in [1.29, 1.82) is 0 Å². The van der Waals surface area contributed by atoms with E-state index in [2.05, 4.69) is 6.92 Å². The number of benzene rings is 1. The van der Waals surface area contributed by atoms with Crippen LogP contribution in [0.15, 0.2) is 18.2 Å². The molecule has 0 bridgehead atoms. The lowest BCUT2D eigenvalue weighted by molar-refractivity contribution is -0.139. The predicted molar refractivity (Wildman–Crippen MR) is 109 cm³/mol. The van der Waals surface area contributed by atoms with Gasteiger partial charge in [0.25, 0.3) is 0 Å². The largest absolute Gasteiger partial charge is 0.482 e. The molecule has 5 nitrogen and oxygen atoms in total. The van der Waals surface area contributed by atoms with Crippen LogP contribution in [-0.2, 0) is 9.59 Å². The molecule has 2 rings (SSSR count). The maximum absolute atomic E-state index is 11.3. The van der Waals surface area contributed by atoms with Gasteiger partial charge >= 0.3 is 5.97 Å². The maximum atomic E-state index is 11.3. The molecule has 1 N–H and O–H groups in total. The van der Waals surface area contributed by atoms with E-state index in [-0.39, 0.29) is 6.61 Å². The van der Waals surface area contributed by atoms with Gasteiger partial charge in [0.05, 0.1) is 0 Å². The molecule has 0 aliphatic carbocycles. The van der Waals surface area contributed by atoms with E-state index in [1.54, 1.807) is 18.2 Å². The highest BCUT2D eigenvalue weighted by molar-refractivity contribution is 6.30. The summed E-state index contributed by atoms with van der Waals surface area (Å²) in [5.74, 6) is -0.0697. The van der Waals surface area contributed by atoms with E-state index >= 15 is 0 Å². The van der Waals surface area contributed by atoms with Gasteiger partial charge in [-0.2, -0.15) is 0 Å². The zero-order valence-corrected chi connectivity index (χ0v) is 17.3. The molecule has 1 aromatic rings. The number of likely N-dealkylation sites (tertiary alicyclic amines) is 1. The molecule has 6 heteroatoms. The number of carbonyl (C=O) groups excluding carboxylic acids is 1. The Balaban J connectivity index is 0.000000271. The van der Waals surface area contributed by atoms with E-state index < -0.39 is 5.97 Å². The summed E-state index contributed by atoms with van der Waals surface area (Å²) in [6, 6.07) is 5.03. The first-order valence-electron chi connectivity index (χ1n) is 9.82. The SMILES string of the molecule is CCCCCCCCN1CCCC1=O.Cc1cc(Cl)ccc1OCC(=O)O. The number of rotatable bonds is 10. The molecule has 1 aliphatic heterocycles. The molecule has 0 spiro atoms. The van der Waals surface area contributed by atoms with Crippen molar-refractivity contribution in [3.8, 4) is 5.75 Å². The highest BCUT2D eigenvalue weighted by Gasteiger charge is 2.18. The van der Waals surface area contributed by atoms with Gasteiger partial charge in [0, 0.05) is 24.5 Å². The fraction of sp³-hybridized carbons (Fsp3) is 0.619. The molecule has 1 aromatic carbocycles. The van der Waals surface area contributed by atoms with Crippen LogP contribution in [-0.4, -0.2) is 41.6 Å². The molecule has 0 unspecified atom stereocenters. The van der Waals surface area contributed by atoms with Crippen molar-refractivity contribution in [3.63, 3.8) is 0 Å². The molecule has 1 saturated heterocycles. The number of nitrogens with zero attached hydrogens (tertiary/aromatic N) is 1. The first kappa shape index (κ1) is 23.3. The van der Waals surface area contributed by atoms with Gasteiger partial charge in [-0.05, 0) is 43.5 Å². The summed E-state index contributed by atoms with van der Waals surface area (Å²) in [6.07, 6.45) is 9.75. The minimum absolute atomic E-state index is 0.331. The average molecular weight is 398 g/mol. The molecule has 1 aliphatic rings. The van der Waals surface area contributed by atoms with Crippen molar-refractivity contribution in [2.75, 3.05) is 19.7 Å². The summed E-state index contributed by atoms with van der Waals surface area (Å²) in [5.41, 5.74) is 0.828. The van der Waals surface area contributed by atoms with E-state index in [1.807, 2.05) is 11.8 Å². The first-order valence-corrected chi connectivity index (χ1v) is 10.2. The molecule has 0 radical (unpaired) electrons. The number of carboxylic acid groups (broad SMARTS) is 1. The molecule has 1 fully saturated rings. The van der Waals surface area contributed by atoms with Gasteiger partial charge in [-0.1, -0.05) is 50.6 Å². The Morgan fingerprint density at radius 1 is 1.22 bits per heavy atom. The van der Waals surface area contributed by atoms with E-state index in [0.29, 0.717) is 16.7 Å². The number of hydrogen-bond donors (Lipinski definition) is 1. The quantitative estimate of drug-likeness (QED) is 0.559. The number of unbranched alkanes of at least 4 members (excludes halogenated alkanes) is 5. The number of carboxylic acids is 1. The van der Waals surface area contributed by atoms with Gasteiger partial charge < -0.3 is 14.7 Å². The smallest absolute Gasteiger partial charge is 0.341 e. The number of halogens is 1. The van der Waals surface area contributed by atoms with Crippen molar-refractivity contribution in [2.45, 2.75) is 65.2 Å². The molecular weight excluding hydrogens is 366 g/mol. The Hall–Kier alpha value is -1.75. The molecule has 0 atom stereocenters. The standard InChI is InChI=1S/C12H23NO.C9H9ClO3/c1-2-3-4-5-6-7-10-13-11-8-9-12(13)14;1-6-4-7(10)2-3-8(6)13-5-9(11)12/h2-11H2,1H3;2-4H,5H2,1H3,(H,11,12). The topological polar surface area (TPSA) is 66.8 Å². The molecule has 0 saturated carbocycles. The number of aliphatic carboxylic acids is 1.